The molecule has 1 fully saturated rings. The highest BCUT2D eigenvalue weighted by Gasteiger charge is 2.21. The Balaban J connectivity index is 1.86. The third kappa shape index (κ3) is 2.45. The minimum Gasteiger partial charge on any atom is -0.355 e. The highest BCUT2D eigenvalue weighted by Crippen LogP contribution is 2.23. The smallest absolute Gasteiger partial charge is 0.355 e. The average Bonchev–Trinajstić information content (AvgIpc) is 2.81. The maximum absolute atomic E-state index is 11.5. The van der Waals surface area contributed by atoms with E-state index >= 15 is 0 Å². The molecule has 2 aromatic rings. The van der Waals surface area contributed by atoms with Crippen LogP contribution >= 0.6 is 11.6 Å². The molecule has 1 unspecified atom stereocenters. The lowest BCUT2D eigenvalue weighted by molar-refractivity contribution is 0.403. The normalized spacial score (nSPS) is 20.1. The standard InChI is InChI=1S/C12H16ClN5O/c13-6-5-9-2-1-7-17(8-9)11-4-3-10-14-15-12(19)18(10)16-11/h3-4,9H,1-2,5-8H2,(H,15,19). The van der Waals surface area contributed by atoms with Gasteiger partial charge in [-0.15, -0.1) is 16.7 Å². The number of alkyl halides is 1. The van der Waals surface area contributed by atoms with E-state index in [1.165, 1.54) is 10.9 Å². The topological polar surface area (TPSA) is 66.3 Å². The lowest BCUT2D eigenvalue weighted by atomic mass is 9.95. The molecule has 0 spiro atoms. The monoisotopic (exact) mass is 281 g/mol. The molecular weight excluding hydrogens is 266 g/mol. The Hall–Kier alpha value is -1.56. The van der Waals surface area contributed by atoms with Gasteiger partial charge in [0, 0.05) is 19.0 Å². The summed E-state index contributed by atoms with van der Waals surface area (Å²) in [5.74, 6) is 2.15. The summed E-state index contributed by atoms with van der Waals surface area (Å²) in [5.41, 5.74) is 0.245. The van der Waals surface area contributed by atoms with Crippen molar-refractivity contribution in [1.82, 2.24) is 19.8 Å². The number of nitrogens with one attached hydrogen (secondary N) is 1. The second-order valence-corrected chi connectivity index (χ2v) is 5.30. The van der Waals surface area contributed by atoms with E-state index in [1.807, 2.05) is 12.1 Å². The van der Waals surface area contributed by atoms with E-state index in [-0.39, 0.29) is 5.69 Å². The zero-order chi connectivity index (χ0) is 13.2. The lowest BCUT2D eigenvalue weighted by Gasteiger charge is -2.33. The molecule has 1 saturated heterocycles. The zero-order valence-electron chi connectivity index (χ0n) is 10.5. The van der Waals surface area contributed by atoms with Gasteiger partial charge in [-0.2, -0.15) is 9.61 Å². The molecule has 1 aliphatic rings. The number of piperidine rings is 1. The molecule has 3 heterocycles. The molecule has 19 heavy (non-hydrogen) atoms. The number of aromatic amines is 1. The van der Waals surface area contributed by atoms with E-state index in [0.29, 0.717) is 17.4 Å². The van der Waals surface area contributed by atoms with Gasteiger partial charge < -0.3 is 4.90 Å². The van der Waals surface area contributed by atoms with Gasteiger partial charge in [0.05, 0.1) is 0 Å². The van der Waals surface area contributed by atoms with E-state index in [9.17, 15) is 4.79 Å². The Bertz CT molecular complexity index is 620. The molecular formula is C12H16ClN5O. The largest absolute Gasteiger partial charge is 0.364 e. The van der Waals surface area contributed by atoms with E-state index in [1.54, 1.807) is 0 Å². The number of nitrogens with zero attached hydrogens (tertiary/aromatic N) is 4. The Kier molecular flexibility index (Phi) is 3.42. The first-order valence-corrected chi connectivity index (χ1v) is 7.07. The van der Waals surface area contributed by atoms with Crippen LogP contribution in [0.4, 0.5) is 5.82 Å². The minimum absolute atomic E-state index is 0.300. The minimum atomic E-state index is -0.300. The van der Waals surface area contributed by atoms with Crippen molar-refractivity contribution in [2.45, 2.75) is 19.3 Å². The first-order valence-electron chi connectivity index (χ1n) is 6.53. The van der Waals surface area contributed by atoms with Crippen molar-refractivity contribution < 1.29 is 0 Å². The van der Waals surface area contributed by atoms with Crippen molar-refractivity contribution in [3.63, 3.8) is 0 Å². The molecule has 0 aromatic carbocycles. The SMILES string of the molecule is O=c1[nH]nc2ccc(N3CCCC(CCCl)C3)nn12. The van der Waals surface area contributed by atoms with E-state index in [0.717, 1.165) is 31.7 Å². The molecule has 0 saturated carbocycles. The predicted octanol–water partition coefficient (Wildman–Crippen LogP) is 1.26. The van der Waals surface area contributed by atoms with Gasteiger partial charge in [-0.1, -0.05) is 0 Å². The van der Waals surface area contributed by atoms with E-state index < -0.39 is 0 Å². The quantitative estimate of drug-likeness (QED) is 0.860. The average molecular weight is 282 g/mol. The van der Waals surface area contributed by atoms with Crippen molar-refractivity contribution in [1.29, 1.82) is 0 Å². The van der Waals surface area contributed by atoms with Crippen LogP contribution < -0.4 is 10.6 Å². The Morgan fingerprint density at radius 3 is 3.21 bits per heavy atom. The fraction of sp³-hybridized carbons (Fsp3) is 0.583. The van der Waals surface area contributed by atoms with Crippen LogP contribution in [0.2, 0.25) is 0 Å². The Morgan fingerprint density at radius 2 is 2.37 bits per heavy atom. The molecule has 1 N–H and O–H groups in total. The number of halogens is 1. The summed E-state index contributed by atoms with van der Waals surface area (Å²) in [4.78, 5) is 13.7. The summed E-state index contributed by atoms with van der Waals surface area (Å²) >= 11 is 5.82. The van der Waals surface area contributed by atoms with Gasteiger partial charge >= 0.3 is 5.69 Å². The van der Waals surface area contributed by atoms with Crippen molar-refractivity contribution >= 4 is 23.1 Å². The molecule has 2 aromatic heterocycles. The second-order valence-electron chi connectivity index (χ2n) is 4.92. The van der Waals surface area contributed by atoms with Crippen molar-refractivity contribution in [2.75, 3.05) is 23.9 Å². The maximum atomic E-state index is 11.5. The summed E-state index contributed by atoms with van der Waals surface area (Å²) in [6.07, 6.45) is 3.39. The van der Waals surface area contributed by atoms with Crippen LogP contribution in [-0.4, -0.2) is 38.8 Å². The Morgan fingerprint density at radius 1 is 1.47 bits per heavy atom. The number of aromatic nitrogens is 4. The van der Waals surface area contributed by atoms with Gasteiger partial charge in [-0.25, -0.2) is 9.89 Å². The first-order chi connectivity index (χ1) is 9.28. The molecule has 102 valence electrons. The molecule has 0 bridgehead atoms. The van der Waals surface area contributed by atoms with Gasteiger partial charge in [0.2, 0.25) is 0 Å². The number of H-pyrrole nitrogens is 1. The Labute approximate surface area is 115 Å². The fourth-order valence-corrected chi connectivity index (χ4v) is 2.93. The highest BCUT2D eigenvalue weighted by molar-refractivity contribution is 6.17. The van der Waals surface area contributed by atoms with E-state index in [4.69, 9.17) is 11.6 Å². The molecule has 0 aliphatic carbocycles. The van der Waals surface area contributed by atoms with Gasteiger partial charge in [-0.05, 0) is 37.3 Å². The second kappa shape index (κ2) is 5.21. The van der Waals surface area contributed by atoms with Crippen LogP contribution in [0.25, 0.3) is 5.65 Å². The van der Waals surface area contributed by atoms with Crippen LogP contribution in [0.3, 0.4) is 0 Å². The molecule has 1 atom stereocenters. The molecule has 1 aliphatic heterocycles. The predicted molar refractivity (Wildman–Crippen MR) is 73.9 cm³/mol. The molecule has 3 rings (SSSR count). The summed E-state index contributed by atoms with van der Waals surface area (Å²) in [6.45, 7) is 1.93. The third-order valence-electron chi connectivity index (χ3n) is 3.62. The molecule has 0 amide bonds. The van der Waals surface area contributed by atoms with Crippen molar-refractivity contribution in [3.8, 4) is 0 Å². The number of anilines is 1. The maximum Gasteiger partial charge on any atom is 0.364 e. The summed E-state index contributed by atoms with van der Waals surface area (Å²) in [6, 6.07) is 3.73. The molecule has 6 nitrogen and oxygen atoms in total. The van der Waals surface area contributed by atoms with Gasteiger partial charge in [0.1, 0.15) is 5.82 Å². The van der Waals surface area contributed by atoms with Crippen LogP contribution in [0, 0.1) is 5.92 Å². The van der Waals surface area contributed by atoms with Crippen LogP contribution in [-0.2, 0) is 0 Å². The third-order valence-corrected chi connectivity index (χ3v) is 3.84. The molecule has 7 heteroatoms. The van der Waals surface area contributed by atoms with Crippen LogP contribution in [0.1, 0.15) is 19.3 Å². The van der Waals surface area contributed by atoms with Gasteiger partial charge in [0.25, 0.3) is 0 Å². The van der Waals surface area contributed by atoms with Crippen LogP contribution in [0.15, 0.2) is 16.9 Å². The van der Waals surface area contributed by atoms with Gasteiger partial charge in [-0.3, -0.25) is 0 Å². The fourth-order valence-electron chi connectivity index (χ4n) is 2.62. The first kappa shape index (κ1) is 12.5. The van der Waals surface area contributed by atoms with Crippen molar-refractivity contribution in [3.05, 3.63) is 22.6 Å². The zero-order valence-corrected chi connectivity index (χ0v) is 11.3. The van der Waals surface area contributed by atoms with Crippen LogP contribution in [0.5, 0.6) is 0 Å². The van der Waals surface area contributed by atoms with Crippen molar-refractivity contribution in [2.24, 2.45) is 5.92 Å². The number of hydrogen-bond donors (Lipinski definition) is 1. The summed E-state index contributed by atoms with van der Waals surface area (Å²) < 4.78 is 1.31. The molecule has 0 radical (unpaired) electrons. The summed E-state index contributed by atoms with van der Waals surface area (Å²) in [7, 11) is 0. The number of rotatable bonds is 3. The lowest BCUT2D eigenvalue weighted by Crippen LogP contribution is -2.36. The summed E-state index contributed by atoms with van der Waals surface area (Å²) in [5, 5.41) is 10.6. The van der Waals surface area contributed by atoms with Gasteiger partial charge in [0.15, 0.2) is 5.65 Å². The van der Waals surface area contributed by atoms with E-state index in [2.05, 4.69) is 20.2 Å². The number of hydrogen-bond acceptors (Lipinski definition) is 4. The highest BCUT2D eigenvalue weighted by atomic mass is 35.5. The number of fused-ring (bicyclic) bond motifs is 1.